The number of carbonyl (C=O) groups is 2. The number of hydrogen-bond acceptors (Lipinski definition) is 7. The highest BCUT2D eigenvalue weighted by Gasteiger charge is 2.25. The number of thiazole rings is 1. The van der Waals surface area contributed by atoms with Crippen LogP contribution in [-0.2, 0) is 4.79 Å². The quantitative estimate of drug-likeness (QED) is 0.273. The van der Waals surface area contributed by atoms with E-state index in [0.29, 0.717) is 17.0 Å². The number of pyridine rings is 1. The van der Waals surface area contributed by atoms with E-state index in [1.807, 2.05) is 30.3 Å². The topological polar surface area (TPSA) is 87.2 Å². The average molecular weight is 552 g/mol. The monoisotopic (exact) mass is 551 g/mol. The van der Waals surface area contributed by atoms with Crippen molar-refractivity contribution in [3.8, 4) is 11.1 Å². The number of hydrogen-bond donors (Lipinski definition) is 2. The lowest BCUT2D eigenvalue weighted by atomic mass is 9.91. The zero-order valence-corrected chi connectivity index (χ0v) is 23.2. The van der Waals surface area contributed by atoms with Gasteiger partial charge >= 0.3 is 0 Å². The summed E-state index contributed by atoms with van der Waals surface area (Å²) in [4.78, 5) is 37.3. The van der Waals surface area contributed by atoms with Crippen LogP contribution in [0.2, 0.25) is 0 Å². The van der Waals surface area contributed by atoms with Crippen LogP contribution in [0.5, 0.6) is 0 Å². The van der Waals surface area contributed by atoms with E-state index < -0.39 is 5.95 Å². The fraction of sp³-hybridized carbons (Fsp3) is 0.357. The largest absolute Gasteiger partial charge is 0.353 e. The van der Waals surface area contributed by atoms with Crippen molar-refractivity contribution in [2.75, 3.05) is 23.3 Å². The van der Waals surface area contributed by atoms with Gasteiger partial charge in [0.1, 0.15) is 4.83 Å². The molecule has 4 heterocycles. The first-order chi connectivity index (χ1) is 18.1. The molecule has 4 aromatic rings. The number of thiophene rings is 1. The second-order valence-corrected chi connectivity index (χ2v) is 12.8. The van der Waals surface area contributed by atoms with Crippen molar-refractivity contribution in [1.82, 2.24) is 15.3 Å². The molecular weight excluding hydrogens is 521 g/mol. The molecular formula is C28H30FN5O2S2. The molecule has 2 N–H and O–H groups in total. The van der Waals surface area contributed by atoms with Gasteiger partial charge in [0, 0.05) is 43.0 Å². The molecule has 38 heavy (non-hydrogen) atoms. The summed E-state index contributed by atoms with van der Waals surface area (Å²) < 4.78 is 14.1. The minimum Gasteiger partial charge on any atom is -0.353 e. The number of halogens is 1. The Morgan fingerprint density at radius 2 is 1.76 bits per heavy atom. The van der Waals surface area contributed by atoms with E-state index in [-0.39, 0.29) is 23.3 Å². The van der Waals surface area contributed by atoms with E-state index in [1.165, 1.54) is 23.6 Å². The number of rotatable bonds is 6. The number of nitrogens with zero attached hydrogens (tertiary/aromatic N) is 3. The summed E-state index contributed by atoms with van der Waals surface area (Å²) in [6.07, 6.45) is 3.81. The zero-order valence-electron chi connectivity index (χ0n) is 21.6. The first-order valence-corrected chi connectivity index (χ1v) is 14.2. The number of nitrogens with one attached hydrogen (secondary N) is 2. The van der Waals surface area contributed by atoms with Gasteiger partial charge < -0.3 is 15.5 Å². The third-order valence-corrected chi connectivity index (χ3v) is 8.55. The molecule has 0 saturated carbocycles. The highest BCUT2D eigenvalue weighted by atomic mass is 32.1. The fourth-order valence-corrected chi connectivity index (χ4v) is 6.59. The van der Waals surface area contributed by atoms with Gasteiger partial charge in [-0.25, -0.2) is 9.97 Å². The van der Waals surface area contributed by atoms with Crippen molar-refractivity contribution < 1.29 is 14.0 Å². The smallest absolute Gasteiger partial charge is 0.265 e. The molecule has 0 spiro atoms. The minimum absolute atomic E-state index is 0.0130. The van der Waals surface area contributed by atoms with Crippen molar-refractivity contribution in [2.24, 2.45) is 5.41 Å². The Bertz CT molecular complexity index is 1400. The second-order valence-electron chi connectivity index (χ2n) is 10.7. The lowest BCUT2D eigenvalue weighted by Crippen LogP contribution is -2.45. The number of carbonyl (C=O) groups excluding carboxylic acids is 2. The number of aromatic nitrogens is 2. The number of anilines is 2. The molecule has 198 valence electrons. The predicted molar refractivity (Wildman–Crippen MR) is 153 cm³/mol. The molecule has 1 aliphatic rings. The lowest BCUT2D eigenvalue weighted by molar-refractivity contribution is -0.123. The number of piperidine rings is 1. The molecule has 3 aromatic heterocycles. The molecule has 0 bridgehead atoms. The minimum atomic E-state index is -0.517. The van der Waals surface area contributed by atoms with Crippen LogP contribution in [0.1, 0.15) is 49.7 Å². The van der Waals surface area contributed by atoms with Gasteiger partial charge in [0.15, 0.2) is 5.13 Å². The molecule has 1 aliphatic heterocycles. The van der Waals surface area contributed by atoms with Crippen molar-refractivity contribution in [3.05, 3.63) is 59.5 Å². The normalized spacial score (nSPS) is 14.6. The molecule has 5 rings (SSSR count). The first kappa shape index (κ1) is 26.2. The Kier molecular flexibility index (Phi) is 7.45. The van der Waals surface area contributed by atoms with Gasteiger partial charge in [0.25, 0.3) is 5.91 Å². The maximum Gasteiger partial charge on any atom is 0.265 e. The van der Waals surface area contributed by atoms with Crippen LogP contribution in [0, 0.1) is 11.4 Å². The van der Waals surface area contributed by atoms with Gasteiger partial charge in [-0.15, -0.1) is 11.3 Å². The third-order valence-electron chi connectivity index (χ3n) is 6.33. The summed E-state index contributed by atoms with van der Waals surface area (Å²) in [5, 5.41) is 7.08. The summed E-state index contributed by atoms with van der Waals surface area (Å²) >= 11 is 2.98. The van der Waals surface area contributed by atoms with Crippen molar-refractivity contribution in [1.29, 1.82) is 0 Å². The summed E-state index contributed by atoms with van der Waals surface area (Å²) in [5.74, 6) is -0.570. The Hall–Kier alpha value is -3.37. The Labute approximate surface area is 229 Å². The Morgan fingerprint density at radius 3 is 2.39 bits per heavy atom. The fourth-order valence-electron chi connectivity index (χ4n) is 4.43. The van der Waals surface area contributed by atoms with Crippen molar-refractivity contribution >= 4 is 54.8 Å². The summed E-state index contributed by atoms with van der Waals surface area (Å²) in [7, 11) is 0. The maximum absolute atomic E-state index is 13.1. The summed E-state index contributed by atoms with van der Waals surface area (Å²) in [6.45, 7) is 7.91. The summed E-state index contributed by atoms with van der Waals surface area (Å²) in [5.41, 5.74) is 2.36. The van der Waals surface area contributed by atoms with E-state index in [1.54, 1.807) is 17.4 Å². The molecule has 7 nitrogen and oxygen atoms in total. The molecule has 1 saturated heterocycles. The molecule has 1 fully saturated rings. The zero-order chi connectivity index (χ0) is 26.9. The van der Waals surface area contributed by atoms with Gasteiger partial charge in [0.2, 0.25) is 11.9 Å². The number of amides is 2. The van der Waals surface area contributed by atoms with Crippen LogP contribution in [0.25, 0.3) is 20.7 Å². The Balaban J connectivity index is 1.16. The van der Waals surface area contributed by atoms with Gasteiger partial charge in [0.05, 0.1) is 9.58 Å². The molecule has 0 atom stereocenters. The molecule has 1 aromatic carbocycles. The van der Waals surface area contributed by atoms with Crippen LogP contribution >= 0.6 is 22.7 Å². The highest BCUT2D eigenvalue weighted by molar-refractivity contribution is 7.29. The van der Waals surface area contributed by atoms with E-state index in [2.05, 4.69) is 41.3 Å². The van der Waals surface area contributed by atoms with E-state index >= 15 is 0 Å². The van der Waals surface area contributed by atoms with Gasteiger partial charge in [-0.2, -0.15) is 4.39 Å². The predicted octanol–water partition coefficient (Wildman–Crippen LogP) is 6.33. The van der Waals surface area contributed by atoms with Gasteiger partial charge in [-0.1, -0.05) is 44.2 Å². The van der Waals surface area contributed by atoms with Gasteiger partial charge in [-0.05, 0) is 54.2 Å². The molecule has 0 radical (unpaired) electrons. The van der Waals surface area contributed by atoms with Gasteiger partial charge in [-0.3, -0.25) is 9.59 Å². The SMILES string of the molecule is CC(C)(C)CC(=O)NC1CCN(c2nc3sc(C(=O)Nc4ccc(-c5ccc(F)nc5)cc4)cc3s2)CC1. The van der Waals surface area contributed by atoms with E-state index in [0.717, 1.165) is 51.7 Å². The maximum atomic E-state index is 13.1. The van der Waals surface area contributed by atoms with E-state index in [4.69, 9.17) is 4.98 Å². The molecule has 2 amide bonds. The van der Waals surface area contributed by atoms with Crippen LogP contribution in [0.4, 0.5) is 15.2 Å². The van der Waals surface area contributed by atoms with Crippen molar-refractivity contribution in [3.63, 3.8) is 0 Å². The third kappa shape index (κ3) is 6.36. The van der Waals surface area contributed by atoms with Crippen LogP contribution < -0.4 is 15.5 Å². The lowest BCUT2D eigenvalue weighted by Gasteiger charge is -2.32. The van der Waals surface area contributed by atoms with Crippen LogP contribution in [0.15, 0.2) is 48.7 Å². The first-order valence-electron chi connectivity index (χ1n) is 12.6. The molecule has 10 heteroatoms. The standard InChI is InChI=1S/C28H30FN5O2S2/c1-28(2,3)15-24(35)31-20-10-12-34(13-11-20)27-33-26-22(38-27)14-21(37-26)25(36)32-19-7-4-17(5-8-19)18-6-9-23(29)30-16-18/h4-9,14,16,20H,10-13,15H2,1-3H3,(H,31,35)(H,32,36). The second kappa shape index (κ2) is 10.8. The van der Waals surface area contributed by atoms with E-state index in [9.17, 15) is 14.0 Å². The number of fused-ring (bicyclic) bond motifs is 1. The molecule has 0 unspecified atom stereocenters. The van der Waals surface area contributed by atoms with Crippen molar-refractivity contribution in [2.45, 2.75) is 46.1 Å². The Morgan fingerprint density at radius 1 is 1.05 bits per heavy atom. The molecule has 0 aliphatic carbocycles. The summed E-state index contributed by atoms with van der Waals surface area (Å²) in [6, 6.07) is 12.5. The highest BCUT2D eigenvalue weighted by Crippen LogP contribution is 2.36. The number of benzene rings is 1. The van der Waals surface area contributed by atoms with Crippen LogP contribution in [0.3, 0.4) is 0 Å². The van der Waals surface area contributed by atoms with Crippen LogP contribution in [-0.4, -0.2) is 40.9 Å². The average Bonchev–Trinajstić information content (AvgIpc) is 3.44.